The van der Waals surface area contributed by atoms with E-state index >= 15 is 0 Å². The molecule has 1 aliphatic heterocycles. The molecule has 0 spiro atoms. The third kappa shape index (κ3) is 3.44. The van der Waals surface area contributed by atoms with Crippen LogP contribution in [0.4, 0.5) is 0 Å². The molecule has 3 N–H and O–H groups in total. The van der Waals surface area contributed by atoms with E-state index in [0.29, 0.717) is 19.6 Å². The van der Waals surface area contributed by atoms with Crippen LogP contribution in [-0.2, 0) is 9.53 Å². The molecule has 5 heteroatoms. The van der Waals surface area contributed by atoms with E-state index in [9.17, 15) is 9.90 Å². The first-order chi connectivity index (χ1) is 7.08. The summed E-state index contributed by atoms with van der Waals surface area (Å²) < 4.78 is 5.26. The molecular weight excluding hydrogens is 196 g/mol. The number of hydrogen-bond donors (Lipinski definition) is 3. The Morgan fingerprint density at radius 2 is 2.40 bits per heavy atom. The first-order valence-corrected chi connectivity index (χ1v) is 5.40. The molecular formula is C10H20N2O3. The molecule has 0 aromatic heterocycles. The van der Waals surface area contributed by atoms with E-state index in [1.54, 1.807) is 0 Å². The standard InChI is InChI=1S/C10H20N2O3/c1-3-11-6-9(13)12-7-10(14)4-5-15-8(10)2/h8,11,14H,3-7H2,1-2H3,(H,12,13). The van der Waals surface area contributed by atoms with Gasteiger partial charge in [0.2, 0.25) is 5.91 Å². The number of likely N-dealkylation sites (N-methyl/N-ethyl adjacent to an activating group) is 1. The average Bonchev–Trinajstić information content (AvgIpc) is 2.54. The number of rotatable bonds is 5. The molecule has 2 atom stereocenters. The van der Waals surface area contributed by atoms with Crippen molar-refractivity contribution in [3.63, 3.8) is 0 Å². The molecule has 88 valence electrons. The number of hydrogen-bond acceptors (Lipinski definition) is 4. The summed E-state index contributed by atoms with van der Waals surface area (Å²) in [6.45, 7) is 5.63. The normalized spacial score (nSPS) is 30.5. The molecule has 2 unspecified atom stereocenters. The zero-order valence-corrected chi connectivity index (χ0v) is 9.38. The van der Waals surface area contributed by atoms with Gasteiger partial charge in [0.05, 0.1) is 12.6 Å². The molecule has 1 saturated heterocycles. The highest BCUT2D eigenvalue weighted by Gasteiger charge is 2.39. The lowest BCUT2D eigenvalue weighted by Gasteiger charge is -2.26. The fourth-order valence-corrected chi connectivity index (χ4v) is 1.56. The molecule has 1 aliphatic rings. The molecule has 1 heterocycles. The van der Waals surface area contributed by atoms with E-state index in [1.807, 2.05) is 13.8 Å². The van der Waals surface area contributed by atoms with Gasteiger partial charge in [-0.15, -0.1) is 0 Å². The Kier molecular flexibility index (Phi) is 4.50. The van der Waals surface area contributed by atoms with Crippen molar-refractivity contribution in [2.45, 2.75) is 32.0 Å². The topological polar surface area (TPSA) is 70.6 Å². The maximum absolute atomic E-state index is 11.3. The second kappa shape index (κ2) is 5.44. The SMILES string of the molecule is CCNCC(=O)NCC1(O)CCOC1C. The third-order valence-corrected chi connectivity index (χ3v) is 2.79. The lowest BCUT2D eigenvalue weighted by molar-refractivity contribution is -0.122. The van der Waals surface area contributed by atoms with Crippen molar-refractivity contribution in [3.8, 4) is 0 Å². The highest BCUT2D eigenvalue weighted by Crippen LogP contribution is 2.24. The molecule has 5 nitrogen and oxygen atoms in total. The van der Waals surface area contributed by atoms with Gasteiger partial charge in [0.25, 0.3) is 0 Å². The summed E-state index contributed by atoms with van der Waals surface area (Å²) in [6, 6.07) is 0. The number of amides is 1. The number of nitrogens with one attached hydrogen (secondary N) is 2. The lowest BCUT2D eigenvalue weighted by atomic mass is 9.97. The van der Waals surface area contributed by atoms with E-state index in [2.05, 4.69) is 10.6 Å². The van der Waals surface area contributed by atoms with Gasteiger partial charge < -0.3 is 20.5 Å². The van der Waals surface area contributed by atoms with Gasteiger partial charge in [-0.1, -0.05) is 6.92 Å². The number of carbonyl (C=O) groups excluding carboxylic acids is 1. The minimum absolute atomic E-state index is 0.0932. The Morgan fingerprint density at radius 3 is 2.93 bits per heavy atom. The molecule has 0 aromatic rings. The molecule has 15 heavy (non-hydrogen) atoms. The summed E-state index contributed by atoms with van der Waals surface area (Å²) in [5.41, 5.74) is -0.901. The summed E-state index contributed by atoms with van der Waals surface area (Å²) in [5.74, 6) is -0.0932. The number of carbonyl (C=O) groups is 1. The minimum Gasteiger partial charge on any atom is -0.385 e. The van der Waals surface area contributed by atoms with Gasteiger partial charge in [-0.2, -0.15) is 0 Å². The van der Waals surface area contributed by atoms with Gasteiger partial charge in [-0.05, 0) is 13.5 Å². The van der Waals surface area contributed by atoms with Crippen molar-refractivity contribution in [3.05, 3.63) is 0 Å². The van der Waals surface area contributed by atoms with E-state index in [1.165, 1.54) is 0 Å². The predicted octanol–water partition coefficient (Wildman–Crippen LogP) is -0.748. The van der Waals surface area contributed by atoms with Gasteiger partial charge in [0, 0.05) is 19.6 Å². The first-order valence-electron chi connectivity index (χ1n) is 5.40. The molecule has 0 radical (unpaired) electrons. The number of ether oxygens (including phenoxy) is 1. The van der Waals surface area contributed by atoms with Crippen LogP contribution in [0.3, 0.4) is 0 Å². The molecule has 0 saturated carbocycles. The fourth-order valence-electron chi connectivity index (χ4n) is 1.56. The van der Waals surface area contributed by atoms with Crippen molar-refractivity contribution in [1.82, 2.24) is 10.6 Å². The Morgan fingerprint density at radius 1 is 1.67 bits per heavy atom. The van der Waals surface area contributed by atoms with Crippen LogP contribution in [-0.4, -0.2) is 49.0 Å². The second-order valence-electron chi connectivity index (χ2n) is 3.92. The van der Waals surface area contributed by atoms with E-state index < -0.39 is 5.60 Å². The lowest BCUT2D eigenvalue weighted by Crippen LogP contribution is -2.49. The van der Waals surface area contributed by atoms with Gasteiger partial charge in [-0.3, -0.25) is 4.79 Å². The van der Waals surface area contributed by atoms with Gasteiger partial charge in [0.15, 0.2) is 0 Å². The van der Waals surface area contributed by atoms with Crippen molar-refractivity contribution in [2.75, 3.05) is 26.2 Å². The molecule has 1 fully saturated rings. The number of aliphatic hydroxyl groups is 1. The quantitative estimate of drug-likeness (QED) is 0.565. The van der Waals surface area contributed by atoms with E-state index in [0.717, 1.165) is 6.54 Å². The fraction of sp³-hybridized carbons (Fsp3) is 0.900. The first kappa shape index (κ1) is 12.4. The molecule has 1 rings (SSSR count). The van der Waals surface area contributed by atoms with Crippen LogP contribution in [0.15, 0.2) is 0 Å². The van der Waals surface area contributed by atoms with Gasteiger partial charge in [0.1, 0.15) is 5.60 Å². The smallest absolute Gasteiger partial charge is 0.234 e. The van der Waals surface area contributed by atoms with Gasteiger partial charge >= 0.3 is 0 Å². The summed E-state index contributed by atoms with van der Waals surface area (Å²) in [5, 5.41) is 15.7. The van der Waals surface area contributed by atoms with Crippen molar-refractivity contribution < 1.29 is 14.6 Å². The summed E-state index contributed by atoms with van der Waals surface area (Å²) in [6.07, 6.45) is 0.368. The van der Waals surface area contributed by atoms with Crippen LogP contribution < -0.4 is 10.6 Å². The average molecular weight is 216 g/mol. The molecule has 0 bridgehead atoms. The maximum atomic E-state index is 11.3. The van der Waals surface area contributed by atoms with Crippen LogP contribution >= 0.6 is 0 Å². The third-order valence-electron chi connectivity index (χ3n) is 2.79. The zero-order valence-electron chi connectivity index (χ0n) is 9.38. The zero-order chi connectivity index (χ0) is 11.3. The van der Waals surface area contributed by atoms with Crippen LogP contribution in [0, 0.1) is 0 Å². The van der Waals surface area contributed by atoms with Crippen LogP contribution in [0.2, 0.25) is 0 Å². The van der Waals surface area contributed by atoms with Crippen molar-refractivity contribution >= 4 is 5.91 Å². The van der Waals surface area contributed by atoms with Crippen LogP contribution in [0.1, 0.15) is 20.3 Å². The Bertz CT molecular complexity index is 223. The molecule has 0 aromatic carbocycles. The largest absolute Gasteiger partial charge is 0.385 e. The highest BCUT2D eigenvalue weighted by molar-refractivity contribution is 5.78. The minimum atomic E-state index is -0.901. The molecule has 0 aliphatic carbocycles. The van der Waals surface area contributed by atoms with Crippen LogP contribution in [0.25, 0.3) is 0 Å². The van der Waals surface area contributed by atoms with Gasteiger partial charge in [-0.25, -0.2) is 0 Å². The van der Waals surface area contributed by atoms with E-state index in [-0.39, 0.29) is 18.6 Å². The van der Waals surface area contributed by atoms with E-state index in [4.69, 9.17) is 4.74 Å². The Balaban J connectivity index is 2.26. The summed E-state index contributed by atoms with van der Waals surface area (Å²) in [7, 11) is 0. The monoisotopic (exact) mass is 216 g/mol. The summed E-state index contributed by atoms with van der Waals surface area (Å²) in [4.78, 5) is 11.3. The maximum Gasteiger partial charge on any atom is 0.234 e. The van der Waals surface area contributed by atoms with Crippen molar-refractivity contribution in [1.29, 1.82) is 0 Å². The highest BCUT2D eigenvalue weighted by atomic mass is 16.5. The molecule has 1 amide bonds. The second-order valence-corrected chi connectivity index (χ2v) is 3.92. The Hall–Kier alpha value is -0.650. The predicted molar refractivity (Wildman–Crippen MR) is 56.5 cm³/mol. The van der Waals surface area contributed by atoms with Crippen molar-refractivity contribution in [2.24, 2.45) is 0 Å². The van der Waals surface area contributed by atoms with Crippen LogP contribution in [0.5, 0.6) is 0 Å². The summed E-state index contributed by atoms with van der Waals surface area (Å²) >= 11 is 0. The Labute approximate surface area is 90.2 Å².